The lowest BCUT2D eigenvalue weighted by Crippen LogP contribution is -2.09. The Balaban J connectivity index is 2.12. The molecule has 0 saturated carbocycles. The van der Waals surface area contributed by atoms with Crippen LogP contribution in [0.1, 0.15) is 41.8 Å². The predicted molar refractivity (Wildman–Crippen MR) is 112 cm³/mol. The molecular formula is C22H25ClN2O3. The molecule has 3 rings (SSSR count). The fraction of sp³-hybridized carbons (Fsp3) is 0.364. The molecule has 3 aromatic rings. The maximum Gasteiger partial charge on any atom is 0.258 e. The van der Waals surface area contributed by atoms with Gasteiger partial charge in [-0.15, -0.1) is 0 Å². The Morgan fingerprint density at radius 1 is 1.14 bits per heavy atom. The summed E-state index contributed by atoms with van der Waals surface area (Å²) in [5.74, 6) is 0.621. The number of pyridine rings is 2. The van der Waals surface area contributed by atoms with E-state index in [2.05, 4.69) is 9.97 Å². The Labute approximate surface area is 170 Å². The first kappa shape index (κ1) is 20.4. The summed E-state index contributed by atoms with van der Waals surface area (Å²) in [5, 5.41) is 11.3. The van der Waals surface area contributed by atoms with Gasteiger partial charge in [-0.1, -0.05) is 30.7 Å². The summed E-state index contributed by atoms with van der Waals surface area (Å²) < 4.78 is 11.1. The van der Waals surface area contributed by atoms with E-state index in [0.29, 0.717) is 28.8 Å². The fourth-order valence-electron chi connectivity index (χ4n) is 3.34. The molecule has 0 radical (unpaired) electrons. The van der Waals surface area contributed by atoms with Crippen molar-refractivity contribution in [1.29, 1.82) is 0 Å². The molecule has 2 heterocycles. The molecule has 1 unspecified atom stereocenters. The van der Waals surface area contributed by atoms with Crippen molar-refractivity contribution in [3.63, 3.8) is 0 Å². The summed E-state index contributed by atoms with van der Waals surface area (Å²) in [6.07, 6.45) is 0.851. The van der Waals surface area contributed by atoms with E-state index in [1.165, 1.54) is 0 Å². The first-order chi connectivity index (χ1) is 13.5. The van der Waals surface area contributed by atoms with Crippen molar-refractivity contribution >= 4 is 22.5 Å². The molecule has 0 amide bonds. The third kappa shape index (κ3) is 3.91. The number of aliphatic hydroxyl groups is 1. The number of halogens is 1. The summed E-state index contributed by atoms with van der Waals surface area (Å²) in [4.78, 5) is 9.06. The third-order valence-electron chi connectivity index (χ3n) is 4.74. The van der Waals surface area contributed by atoms with Gasteiger partial charge in [0.1, 0.15) is 0 Å². The Morgan fingerprint density at radius 3 is 2.57 bits per heavy atom. The number of benzene rings is 1. The van der Waals surface area contributed by atoms with Gasteiger partial charge in [0.25, 0.3) is 5.88 Å². The fourth-order valence-corrected chi connectivity index (χ4v) is 3.62. The van der Waals surface area contributed by atoms with Crippen molar-refractivity contribution in [2.24, 2.45) is 0 Å². The van der Waals surface area contributed by atoms with Crippen LogP contribution in [-0.2, 0) is 0 Å². The smallest absolute Gasteiger partial charge is 0.258 e. The van der Waals surface area contributed by atoms with Crippen LogP contribution in [-0.4, -0.2) is 35.4 Å². The molecule has 1 atom stereocenters. The van der Waals surface area contributed by atoms with Gasteiger partial charge in [-0.2, -0.15) is 0 Å². The van der Waals surface area contributed by atoms with Crippen LogP contribution in [0, 0.1) is 13.8 Å². The van der Waals surface area contributed by atoms with Gasteiger partial charge in [0, 0.05) is 22.7 Å². The molecule has 1 aromatic carbocycles. The van der Waals surface area contributed by atoms with Gasteiger partial charge < -0.3 is 14.6 Å². The monoisotopic (exact) mass is 400 g/mol. The van der Waals surface area contributed by atoms with Gasteiger partial charge in [-0.05, 0) is 49.6 Å². The molecule has 28 heavy (non-hydrogen) atoms. The van der Waals surface area contributed by atoms with Crippen LogP contribution in [0.5, 0.6) is 11.6 Å². The zero-order valence-corrected chi connectivity index (χ0v) is 17.4. The predicted octanol–water partition coefficient (Wildman–Crippen LogP) is 4.82. The van der Waals surface area contributed by atoms with Gasteiger partial charge in [-0.25, -0.2) is 4.98 Å². The van der Waals surface area contributed by atoms with E-state index in [1.54, 1.807) is 7.11 Å². The van der Waals surface area contributed by atoms with Crippen molar-refractivity contribution in [2.75, 3.05) is 20.3 Å². The largest absolute Gasteiger partial charge is 0.487 e. The van der Waals surface area contributed by atoms with Crippen molar-refractivity contribution in [2.45, 2.75) is 33.1 Å². The number of aryl methyl sites for hydroxylation is 2. The van der Waals surface area contributed by atoms with Crippen molar-refractivity contribution in [1.82, 2.24) is 9.97 Å². The van der Waals surface area contributed by atoms with E-state index in [4.69, 9.17) is 21.1 Å². The quantitative estimate of drug-likeness (QED) is 0.615. The molecule has 6 heteroatoms. The third-order valence-corrected chi connectivity index (χ3v) is 5.12. The highest BCUT2D eigenvalue weighted by Crippen LogP contribution is 2.40. The second-order valence-electron chi connectivity index (χ2n) is 6.75. The zero-order valence-electron chi connectivity index (χ0n) is 16.6. The number of hydrogen-bond acceptors (Lipinski definition) is 5. The van der Waals surface area contributed by atoms with Gasteiger partial charge in [0.05, 0.1) is 30.9 Å². The standard InChI is InChI=1S/C22H25ClN2O3/c1-5-10-28-21-20(23)17-11-15(7-9-19(17)25-22(21)27-4)18(12-26)16-8-6-13(2)24-14(16)3/h6-9,11,18,26H,5,10,12H2,1-4H3. The molecule has 0 aliphatic rings. The molecule has 0 bridgehead atoms. The molecule has 0 fully saturated rings. The first-order valence-corrected chi connectivity index (χ1v) is 9.72. The summed E-state index contributed by atoms with van der Waals surface area (Å²) in [5.41, 5.74) is 4.51. The zero-order chi connectivity index (χ0) is 20.3. The molecule has 0 aliphatic heterocycles. The molecule has 1 N–H and O–H groups in total. The number of aliphatic hydroxyl groups excluding tert-OH is 1. The minimum atomic E-state index is -0.198. The van der Waals surface area contributed by atoms with Crippen molar-refractivity contribution in [3.8, 4) is 11.6 Å². The molecule has 0 saturated heterocycles. The van der Waals surface area contributed by atoms with Crippen LogP contribution in [0.4, 0.5) is 0 Å². The van der Waals surface area contributed by atoms with Gasteiger partial charge >= 0.3 is 0 Å². The number of nitrogens with zero attached hydrogens (tertiary/aromatic N) is 2. The highest BCUT2D eigenvalue weighted by molar-refractivity contribution is 6.37. The number of ether oxygens (including phenoxy) is 2. The van der Waals surface area contributed by atoms with E-state index in [-0.39, 0.29) is 12.5 Å². The van der Waals surface area contributed by atoms with Gasteiger partial charge in [0.15, 0.2) is 0 Å². The number of rotatable bonds is 7. The lowest BCUT2D eigenvalue weighted by molar-refractivity contribution is 0.280. The van der Waals surface area contributed by atoms with Crippen LogP contribution in [0.3, 0.4) is 0 Å². The van der Waals surface area contributed by atoms with Gasteiger partial charge in [0.2, 0.25) is 5.75 Å². The highest BCUT2D eigenvalue weighted by atomic mass is 35.5. The van der Waals surface area contributed by atoms with Gasteiger partial charge in [-0.3, -0.25) is 4.98 Å². The summed E-state index contributed by atoms with van der Waals surface area (Å²) in [7, 11) is 1.55. The summed E-state index contributed by atoms with van der Waals surface area (Å²) >= 11 is 6.66. The van der Waals surface area contributed by atoms with E-state index in [9.17, 15) is 5.11 Å². The van der Waals surface area contributed by atoms with Crippen molar-refractivity contribution in [3.05, 3.63) is 57.9 Å². The maximum atomic E-state index is 10.1. The number of methoxy groups -OCH3 is 1. The van der Waals surface area contributed by atoms with E-state index in [1.807, 2.05) is 51.1 Å². The lowest BCUT2D eigenvalue weighted by Gasteiger charge is -2.19. The maximum absolute atomic E-state index is 10.1. The minimum Gasteiger partial charge on any atom is -0.487 e. The number of hydrogen-bond donors (Lipinski definition) is 1. The Bertz CT molecular complexity index is 991. The lowest BCUT2D eigenvalue weighted by atomic mass is 9.90. The average molecular weight is 401 g/mol. The van der Waals surface area contributed by atoms with Crippen LogP contribution in [0.2, 0.25) is 5.02 Å². The topological polar surface area (TPSA) is 64.5 Å². The van der Waals surface area contributed by atoms with E-state index in [0.717, 1.165) is 34.3 Å². The molecule has 0 aliphatic carbocycles. The summed E-state index contributed by atoms with van der Waals surface area (Å²) in [6, 6.07) is 9.79. The van der Waals surface area contributed by atoms with E-state index >= 15 is 0 Å². The van der Waals surface area contributed by atoms with Crippen LogP contribution in [0.25, 0.3) is 10.9 Å². The molecule has 2 aromatic heterocycles. The Kier molecular flexibility index (Phi) is 6.37. The SMILES string of the molecule is CCCOc1c(OC)nc2ccc(C(CO)c3ccc(C)nc3C)cc2c1Cl. The second-order valence-corrected chi connectivity index (χ2v) is 7.13. The van der Waals surface area contributed by atoms with E-state index < -0.39 is 0 Å². The van der Waals surface area contributed by atoms with Crippen molar-refractivity contribution < 1.29 is 14.6 Å². The Hall–Kier alpha value is -2.37. The van der Waals surface area contributed by atoms with Crippen LogP contribution < -0.4 is 9.47 Å². The second kappa shape index (κ2) is 8.76. The Morgan fingerprint density at radius 2 is 1.93 bits per heavy atom. The summed E-state index contributed by atoms with van der Waals surface area (Å²) in [6.45, 7) is 6.43. The number of aromatic nitrogens is 2. The molecule has 148 valence electrons. The average Bonchev–Trinajstić information content (AvgIpc) is 2.69. The normalized spacial score (nSPS) is 12.2. The minimum absolute atomic E-state index is 0.0303. The molecule has 0 spiro atoms. The first-order valence-electron chi connectivity index (χ1n) is 9.35. The van der Waals surface area contributed by atoms with Crippen LogP contribution >= 0.6 is 11.6 Å². The van der Waals surface area contributed by atoms with Crippen LogP contribution in [0.15, 0.2) is 30.3 Å². The molecule has 5 nitrogen and oxygen atoms in total. The molecular weight excluding hydrogens is 376 g/mol. The number of fused-ring (bicyclic) bond motifs is 1. The highest BCUT2D eigenvalue weighted by Gasteiger charge is 2.20.